The van der Waals surface area contributed by atoms with E-state index in [1.54, 1.807) is 6.92 Å². The number of nitriles is 1. The molecule has 88 valence electrons. The molecule has 0 aromatic heterocycles. The lowest BCUT2D eigenvalue weighted by molar-refractivity contribution is -0.116. The van der Waals surface area contributed by atoms with Crippen LogP contribution in [0.5, 0.6) is 0 Å². The zero-order chi connectivity index (χ0) is 12.5. The fourth-order valence-electron chi connectivity index (χ4n) is 2.55. The molecule has 3 nitrogen and oxygen atoms in total. The van der Waals surface area contributed by atoms with Gasteiger partial charge in [-0.05, 0) is 30.9 Å². The first kappa shape index (κ1) is 11.8. The van der Waals surface area contributed by atoms with Crippen LogP contribution in [0.4, 0.5) is 0 Å². The number of rotatable bonds is 3. The number of aldehydes is 1. The molecule has 0 heterocycles. The Morgan fingerprint density at radius 2 is 2.00 bits per heavy atom. The predicted octanol–water partition coefficient (Wildman–Crippen LogP) is 1.64. The topological polar surface area (TPSA) is 61.1 Å². The van der Waals surface area contributed by atoms with Gasteiger partial charge in [-0.3, -0.25) is 0 Å². The Hall–Kier alpha value is -1.66. The summed E-state index contributed by atoms with van der Waals surface area (Å²) in [4.78, 5) is 10.6. The highest BCUT2D eigenvalue weighted by molar-refractivity contribution is 5.53. The second-order valence-electron chi connectivity index (χ2n) is 4.96. The van der Waals surface area contributed by atoms with Gasteiger partial charge in [0.25, 0.3) is 0 Å². The summed E-state index contributed by atoms with van der Waals surface area (Å²) >= 11 is 0. The number of carbonyl (C=O) groups excluding carboxylic acids is 1. The van der Waals surface area contributed by atoms with Gasteiger partial charge in [0, 0.05) is 6.42 Å². The summed E-state index contributed by atoms with van der Waals surface area (Å²) in [5.74, 6) is 0. The number of aliphatic hydroxyl groups is 1. The molecule has 1 aromatic carbocycles. The number of nitrogens with zero attached hydrogens (tertiary/aromatic N) is 1. The number of hydrogen-bond acceptors (Lipinski definition) is 3. The van der Waals surface area contributed by atoms with Crippen LogP contribution in [-0.4, -0.2) is 17.0 Å². The molecular weight excluding hydrogens is 214 g/mol. The maximum Gasteiger partial charge on any atom is 0.122 e. The lowest BCUT2D eigenvalue weighted by Gasteiger charge is -2.36. The van der Waals surface area contributed by atoms with Crippen LogP contribution >= 0.6 is 0 Å². The van der Waals surface area contributed by atoms with Gasteiger partial charge in [-0.25, -0.2) is 0 Å². The van der Waals surface area contributed by atoms with Gasteiger partial charge in [-0.15, -0.1) is 0 Å². The lowest BCUT2D eigenvalue weighted by Crippen LogP contribution is -2.46. The molecule has 1 aromatic rings. The van der Waals surface area contributed by atoms with E-state index in [9.17, 15) is 15.2 Å². The molecule has 0 fully saturated rings. The monoisotopic (exact) mass is 229 g/mol. The molecule has 0 spiro atoms. The zero-order valence-corrected chi connectivity index (χ0v) is 9.81. The predicted molar refractivity (Wildman–Crippen MR) is 63.2 cm³/mol. The van der Waals surface area contributed by atoms with Gasteiger partial charge >= 0.3 is 0 Å². The Balaban J connectivity index is 2.39. The van der Waals surface area contributed by atoms with Crippen molar-refractivity contribution in [2.45, 2.75) is 31.8 Å². The van der Waals surface area contributed by atoms with Crippen molar-refractivity contribution < 1.29 is 9.90 Å². The van der Waals surface area contributed by atoms with Gasteiger partial charge in [-0.1, -0.05) is 24.3 Å². The third-order valence-electron chi connectivity index (χ3n) is 3.83. The molecule has 1 aliphatic rings. The fourth-order valence-corrected chi connectivity index (χ4v) is 2.55. The van der Waals surface area contributed by atoms with Crippen LogP contribution in [0.25, 0.3) is 0 Å². The van der Waals surface area contributed by atoms with Crippen LogP contribution in [0, 0.1) is 16.7 Å². The van der Waals surface area contributed by atoms with Gasteiger partial charge in [0.2, 0.25) is 0 Å². The van der Waals surface area contributed by atoms with E-state index in [2.05, 4.69) is 6.07 Å². The van der Waals surface area contributed by atoms with E-state index < -0.39 is 11.0 Å². The Bertz CT molecular complexity index is 460. The summed E-state index contributed by atoms with van der Waals surface area (Å²) in [5.41, 5.74) is 0.0422. The minimum atomic E-state index is -1.28. The molecule has 0 radical (unpaired) electrons. The molecule has 3 heteroatoms. The highest BCUT2D eigenvalue weighted by Gasteiger charge is 2.50. The number of benzene rings is 1. The van der Waals surface area contributed by atoms with Crippen LogP contribution in [-0.2, 0) is 17.6 Å². The van der Waals surface area contributed by atoms with Crippen molar-refractivity contribution in [2.24, 2.45) is 5.41 Å². The van der Waals surface area contributed by atoms with E-state index in [-0.39, 0.29) is 6.42 Å². The maximum atomic E-state index is 10.6. The lowest BCUT2D eigenvalue weighted by atomic mass is 9.70. The SMILES string of the molecule is CC(O)(CC=O)C1(C#N)Cc2ccccc2C1. The fraction of sp³-hybridized carbons (Fsp3) is 0.429. The van der Waals surface area contributed by atoms with Crippen molar-refractivity contribution in [2.75, 3.05) is 0 Å². The third kappa shape index (κ3) is 1.75. The van der Waals surface area contributed by atoms with Crippen molar-refractivity contribution in [1.29, 1.82) is 5.26 Å². The molecule has 0 bridgehead atoms. The van der Waals surface area contributed by atoms with Gasteiger partial charge in [-0.2, -0.15) is 5.26 Å². The highest BCUT2D eigenvalue weighted by Crippen LogP contribution is 2.45. The molecule has 17 heavy (non-hydrogen) atoms. The molecule has 1 N–H and O–H groups in total. The largest absolute Gasteiger partial charge is 0.388 e. The molecule has 2 rings (SSSR count). The Kier molecular flexibility index (Phi) is 2.76. The summed E-state index contributed by atoms with van der Waals surface area (Å²) in [5, 5.41) is 19.8. The quantitative estimate of drug-likeness (QED) is 0.801. The minimum Gasteiger partial charge on any atom is -0.388 e. The Morgan fingerprint density at radius 1 is 1.47 bits per heavy atom. The standard InChI is InChI=1S/C14H15NO2/c1-13(17,6-7-16)14(10-15)8-11-4-2-3-5-12(11)9-14/h2-5,7,17H,6,8-9H2,1H3. The van der Waals surface area contributed by atoms with Crippen LogP contribution in [0.15, 0.2) is 24.3 Å². The summed E-state index contributed by atoms with van der Waals surface area (Å²) in [7, 11) is 0. The maximum absolute atomic E-state index is 10.6. The molecule has 0 aliphatic heterocycles. The first-order chi connectivity index (χ1) is 8.04. The molecule has 0 saturated carbocycles. The Morgan fingerprint density at radius 3 is 2.41 bits per heavy atom. The Labute approximate surface area is 101 Å². The van der Waals surface area contributed by atoms with Crippen LogP contribution in [0.2, 0.25) is 0 Å². The zero-order valence-electron chi connectivity index (χ0n) is 9.81. The van der Waals surface area contributed by atoms with E-state index in [0.717, 1.165) is 11.1 Å². The second-order valence-corrected chi connectivity index (χ2v) is 4.96. The van der Waals surface area contributed by atoms with Crippen LogP contribution in [0.3, 0.4) is 0 Å². The van der Waals surface area contributed by atoms with E-state index >= 15 is 0 Å². The van der Waals surface area contributed by atoms with Gasteiger partial charge in [0.1, 0.15) is 6.29 Å². The van der Waals surface area contributed by atoms with Crippen LogP contribution < -0.4 is 0 Å². The van der Waals surface area contributed by atoms with Crippen molar-refractivity contribution in [3.63, 3.8) is 0 Å². The van der Waals surface area contributed by atoms with E-state index in [0.29, 0.717) is 19.1 Å². The first-order valence-corrected chi connectivity index (χ1v) is 5.69. The van der Waals surface area contributed by atoms with Crippen molar-refractivity contribution in [3.05, 3.63) is 35.4 Å². The molecular formula is C14H15NO2. The normalized spacial score (nSPS) is 20.1. The summed E-state index contributed by atoms with van der Waals surface area (Å²) < 4.78 is 0. The van der Waals surface area contributed by atoms with Crippen molar-refractivity contribution >= 4 is 6.29 Å². The summed E-state index contributed by atoms with van der Waals surface area (Å²) in [6, 6.07) is 10.1. The van der Waals surface area contributed by atoms with Gasteiger partial charge in [0.15, 0.2) is 0 Å². The van der Waals surface area contributed by atoms with Gasteiger partial charge in [0.05, 0.1) is 17.1 Å². The molecule has 1 unspecified atom stereocenters. The molecule has 0 saturated heterocycles. The van der Waals surface area contributed by atoms with E-state index in [4.69, 9.17) is 0 Å². The third-order valence-corrected chi connectivity index (χ3v) is 3.83. The second kappa shape index (κ2) is 3.97. The number of carbonyl (C=O) groups is 1. The van der Waals surface area contributed by atoms with E-state index in [1.165, 1.54) is 0 Å². The first-order valence-electron chi connectivity index (χ1n) is 5.69. The average Bonchev–Trinajstić information content (AvgIpc) is 2.69. The average molecular weight is 229 g/mol. The molecule has 1 atom stereocenters. The summed E-state index contributed by atoms with van der Waals surface area (Å²) in [6.07, 6.45) is 1.71. The van der Waals surface area contributed by atoms with Gasteiger partial charge < -0.3 is 9.90 Å². The minimum absolute atomic E-state index is 0.00541. The van der Waals surface area contributed by atoms with E-state index in [1.807, 2.05) is 24.3 Å². The van der Waals surface area contributed by atoms with Crippen molar-refractivity contribution in [1.82, 2.24) is 0 Å². The smallest absolute Gasteiger partial charge is 0.122 e. The molecule has 0 amide bonds. The number of fused-ring (bicyclic) bond motifs is 1. The molecule has 1 aliphatic carbocycles. The van der Waals surface area contributed by atoms with Crippen LogP contribution in [0.1, 0.15) is 24.5 Å². The summed E-state index contributed by atoms with van der Waals surface area (Å²) in [6.45, 7) is 1.58. The van der Waals surface area contributed by atoms with Crippen molar-refractivity contribution in [3.8, 4) is 6.07 Å². The highest BCUT2D eigenvalue weighted by atomic mass is 16.3. The number of hydrogen-bond donors (Lipinski definition) is 1.